The third kappa shape index (κ3) is 3.49. The first kappa shape index (κ1) is 20.1. The molecule has 0 fully saturated rings. The highest BCUT2D eigenvalue weighted by molar-refractivity contribution is 6.22. The predicted octanol–water partition coefficient (Wildman–Crippen LogP) is 3.51. The predicted molar refractivity (Wildman–Crippen MR) is 117 cm³/mol. The number of benzene rings is 2. The molecule has 31 heavy (non-hydrogen) atoms. The minimum absolute atomic E-state index is 0.174. The van der Waals surface area contributed by atoms with Crippen molar-refractivity contribution in [3.8, 4) is 11.8 Å². The standard InChI is InChI=1S/C24H20N4O3/c1-3-13-31-24(30)19(14-25)21-17-11-7-8-12-18(17)22(26-21)20-15(2)27-28(23(20)29)16-9-5-4-6-10-16/h4-12,27H,3,13H2,1-2H3/b21-19-. The summed E-state index contributed by atoms with van der Waals surface area (Å²) in [5.74, 6) is -0.716. The molecule has 1 aliphatic heterocycles. The van der Waals surface area contributed by atoms with E-state index in [0.717, 1.165) is 0 Å². The SMILES string of the molecule is CCCOC(=O)/C(C#N)=C1\N=C(c2c(C)[nH]n(-c3ccccc3)c2=O)c2ccccc21. The van der Waals surface area contributed by atoms with E-state index in [2.05, 4.69) is 10.1 Å². The topological polar surface area (TPSA) is 100 Å². The molecule has 1 aromatic heterocycles. The molecule has 2 heterocycles. The van der Waals surface area contributed by atoms with Gasteiger partial charge in [0.05, 0.1) is 29.3 Å². The Hall–Kier alpha value is -4.18. The Balaban J connectivity index is 1.91. The van der Waals surface area contributed by atoms with Gasteiger partial charge in [-0.1, -0.05) is 49.4 Å². The number of aromatic amines is 1. The zero-order valence-corrected chi connectivity index (χ0v) is 17.2. The molecule has 0 spiro atoms. The molecule has 0 unspecified atom stereocenters. The van der Waals surface area contributed by atoms with Crippen molar-refractivity contribution in [2.45, 2.75) is 20.3 Å². The Kier molecular flexibility index (Phi) is 5.37. The van der Waals surface area contributed by atoms with Gasteiger partial charge < -0.3 is 4.74 Å². The van der Waals surface area contributed by atoms with E-state index in [9.17, 15) is 14.9 Å². The van der Waals surface area contributed by atoms with Crippen LogP contribution in [-0.4, -0.2) is 28.1 Å². The summed E-state index contributed by atoms with van der Waals surface area (Å²) in [6.07, 6.45) is 0.645. The second-order valence-electron chi connectivity index (χ2n) is 7.07. The maximum Gasteiger partial charge on any atom is 0.351 e. The first-order valence-electron chi connectivity index (χ1n) is 9.94. The molecule has 0 atom stereocenters. The number of ether oxygens (including phenoxy) is 1. The minimum atomic E-state index is -0.716. The molecule has 0 radical (unpaired) electrons. The first-order chi connectivity index (χ1) is 15.1. The summed E-state index contributed by atoms with van der Waals surface area (Å²) in [6, 6.07) is 18.4. The highest BCUT2D eigenvalue weighted by Gasteiger charge is 2.30. The molecule has 1 aliphatic rings. The summed E-state index contributed by atoms with van der Waals surface area (Å²) in [5, 5.41) is 12.7. The third-order valence-electron chi connectivity index (χ3n) is 4.97. The number of rotatable bonds is 5. The van der Waals surface area contributed by atoms with Gasteiger partial charge in [0.1, 0.15) is 6.07 Å². The van der Waals surface area contributed by atoms with Gasteiger partial charge in [0.25, 0.3) is 5.56 Å². The van der Waals surface area contributed by atoms with Crippen LogP contribution in [0.4, 0.5) is 0 Å². The smallest absolute Gasteiger partial charge is 0.351 e. The Morgan fingerprint density at radius 3 is 2.48 bits per heavy atom. The summed E-state index contributed by atoms with van der Waals surface area (Å²) in [4.78, 5) is 30.3. The van der Waals surface area contributed by atoms with Gasteiger partial charge in [0, 0.05) is 16.8 Å². The van der Waals surface area contributed by atoms with Crippen molar-refractivity contribution in [1.29, 1.82) is 5.26 Å². The lowest BCUT2D eigenvalue weighted by Gasteiger charge is -2.04. The maximum atomic E-state index is 13.3. The van der Waals surface area contributed by atoms with Crippen LogP contribution in [0.3, 0.4) is 0 Å². The number of carbonyl (C=O) groups is 1. The molecule has 2 aromatic carbocycles. The number of nitrogens with one attached hydrogen (secondary N) is 1. The molecule has 0 saturated carbocycles. The van der Waals surface area contributed by atoms with Crippen LogP contribution in [0.25, 0.3) is 11.4 Å². The number of nitrogens with zero attached hydrogens (tertiary/aromatic N) is 3. The molecule has 4 rings (SSSR count). The lowest BCUT2D eigenvalue weighted by atomic mass is 9.98. The van der Waals surface area contributed by atoms with Crippen LogP contribution in [0.15, 0.2) is 70.0 Å². The highest BCUT2D eigenvalue weighted by atomic mass is 16.5. The largest absolute Gasteiger partial charge is 0.462 e. The van der Waals surface area contributed by atoms with E-state index in [1.54, 1.807) is 19.1 Å². The molecule has 7 nitrogen and oxygen atoms in total. The number of hydrogen-bond donors (Lipinski definition) is 1. The Bertz CT molecular complexity index is 1320. The van der Waals surface area contributed by atoms with Crippen molar-refractivity contribution in [3.63, 3.8) is 0 Å². The van der Waals surface area contributed by atoms with Crippen LogP contribution >= 0.6 is 0 Å². The Morgan fingerprint density at radius 2 is 1.81 bits per heavy atom. The number of hydrogen-bond acceptors (Lipinski definition) is 5. The van der Waals surface area contributed by atoms with Crippen LogP contribution in [0.1, 0.15) is 35.7 Å². The molecular weight excluding hydrogens is 392 g/mol. The van der Waals surface area contributed by atoms with Crippen molar-refractivity contribution < 1.29 is 9.53 Å². The fourth-order valence-corrected chi connectivity index (χ4v) is 3.56. The van der Waals surface area contributed by atoms with E-state index in [1.807, 2.05) is 55.5 Å². The maximum absolute atomic E-state index is 13.3. The fraction of sp³-hybridized carbons (Fsp3) is 0.167. The van der Waals surface area contributed by atoms with Gasteiger partial charge in [0.15, 0.2) is 5.57 Å². The number of aromatic nitrogens is 2. The van der Waals surface area contributed by atoms with E-state index < -0.39 is 5.97 Å². The lowest BCUT2D eigenvalue weighted by Crippen LogP contribution is -2.20. The van der Waals surface area contributed by atoms with Crippen molar-refractivity contribution in [1.82, 2.24) is 9.78 Å². The molecule has 3 aromatic rings. The monoisotopic (exact) mass is 412 g/mol. The van der Waals surface area contributed by atoms with Crippen LogP contribution in [0.5, 0.6) is 0 Å². The summed E-state index contributed by atoms with van der Waals surface area (Å²) in [6.45, 7) is 3.89. The molecule has 154 valence electrons. The van der Waals surface area contributed by atoms with E-state index in [1.165, 1.54) is 4.68 Å². The zero-order valence-electron chi connectivity index (χ0n) is 17.2. The number of H-pyrrole nitrogens is 1. The van der Waals surface area contributed by atoms with E-state index >= 15 is 0 Å². The van der Waals surface area contributed by atoms with Crippen LogP contribution in [-0.2, 0) is 9.53 Å². The van der Waals surface area contributed by atoms with Gasteiger partial charge in [-0.2, -0.15) is 5.26 Å². The molecule has 1 N–H and O–H groups in total. The number of aryl methyl sites for hydroxylation is 1. The number of nitriles is 1. The third-order valence-corrected chi connectivity index (χ3v) is 4.97. The van der Waals surface area contributed by atoms with Gasteiger partial charge in [0.2, 0.25) is 0 Å². The average molecular weight is 412 g/mol. The van der Waals surface area contributed by atoms with Crippen LogP contribution in [0, 0.1) is 18.3 Å². The minimum Gasteiger partial charge on any atom is -0.462 e. The summed E-state index contributed by atoms with van der Waals surface area (Å²) >= 11 is 0. The molecule has 0 saturated heterocycles. The van der Waals surface area contributed by atoms with E-state index in [-0.39, 0.29) is 23.4 Å². The summed E-state index contributed by atoms with van der Waals surface area (Å²) < 4.78 is 6.62. The first-order valence-corrected chi connectivity index (χ1v) is 9.94. The van der Waals surface area contributed by atoms with Gasteiger partial charge in [-0.25, -0.2) is 14.5 Å². The van der Waals surface area contributed by atoms with Crippen molar-refractivity contribution in [3.05, 3.63) is 92.9 Å². The van der Waals surface area contributed by atoms with Gasteiger partial charge in [-0.15, -0.1) is 0 Å². The number of fused-ring (bicyclic) bond motifs is 1. The number of esters is 1. The normalized spacial score (nSPS) is 13.9. The number of carbonyl (C=O) groups excluding carboxylic acids is 1. The summed E-state index contributed by atoms with van der Waals surface area (Å²) in [7, 11) is 0. The zero-order chi connectivity index (χ0) is 22.0. The van der Waals surface area contributed by atoms with Crippen molar-refractivity contribution in [2.24, 2.45) is 4.99 Å². The highest BCUT2D eigenvalue weighted by Crippen LogP contribution is 2.33. The van der Waals surface area contributed by atoms with Crippen LogP contribution in [0.2, 0.25) is 0 Å². The van der Waals surface area contributed by atoms with E-state index in [4.69, 9.17) is 4.74 Å². The van der Waals surface area contributed by atoms with Gasteiger partial charge >= 0.3 is 5.97 Å². The second-order valence-corrected chi connectivity index (χ2v) is 7.07. The number of para-hydroxylation sites is 1. The average Bonchev–Trinajstić information content (AvgIpc) is 3.30. The molecular formula is C24H20N4O3. The quantitative estimate of drug-likeness (QED) is 0.394. The van der Waals surface area contributed by atoms with Crippen LogP contribution < -0.4 is 5.56 Å². The fourth-order valence-electron chi connectivity index (χ4n) is 3.56. The number of aliphatic imine (C=N–C) groups is 1. The molecule has 7 heteroatoms. The van der Waals surface area contributed by atoms with Gasteiger partial charge in [-0.3, -0.25) is 9.89 Å². The van der Waals surface area contributed by atoms with Crippen molar-refractivity contribution >= 4 is 17.4 Å². The molecule has 0 bridgehead atoms. The molecule has 0 amide bonds. The lowest BCUT2D eigenvalue weighted by molar-refractivity contribution is -0.138. The Morgan fingerprint density at radius 1 is 1.13 bits per heavy atom. The molecule has 0 aliphatic carbocycles. The Labute approximate surface area is 178 Å². The van der Waals surface area contributed by atoms with Gasteiger partial charge in [-0.05, 0) is 25.5 Å². The second kappa shape index (κ2) is 8.28. The van der Waals surface area contributed by atoms with E-state index in [0.29, 0.717) is 40.2 Å². The summed E-state index contributed by atoms with van der Waals surface area (Å²) in [5.41, 5.74) is 3.25. The van der Waals surface area contributed by atoms with Crippen molar-refractivity contribution in [2.75, 3.05) is 6.61 Å².